The fourth-order valence-corrected chi connectivity index (χ4v) is 2.97. The Morgan fingerprint density at radius 2 is 1.96 bits per heavy atom. The molecule has 0 aliphatic heterocycles. The summed E-state index contributed by atoms with van der Waals surface area (Å²) < 4.78 is 11.5. The number of nitrogens with one attached hydrogen (secondary N) is 1. The summed E-state index contributed by atoms with van der Waals surface area (Å²) in [6.45, 7) is -0.103. The summed E-state index contributed by atoms with van der Waals surface area (Å²) in [6.07, 6.45) is 0. The van der Waals surface area contributed by atoms with Gasteiger partial charge in [-0.2, -0.15) is 0 Å². The van der Waals surface area contributed by atoms with Crippen LogP contribution in [0.25, 0.3) is 11.0 Å². The van der Waals surface area contributed by atoms with Crippen LogP contribution < -0.4 is 10.1 Å². The third-order valence-electron chi connectivity index (χ3n) is 3.79. The lowest BCUT2D eigenvalue weighted by Crippen LogP contribution is -2.34. The lowest BCUT2D eigenvalue weighted by atomic mass is 10.2. The zero-order valence-corrected chi connectivity index (χ0v) is 15.9. The Hall–Kier alpha value is -2.80. The van der Waals surface area contributed by atoms with Crippen LogP contribution in [0.3, 0.4) is 0 Å². The van der Waals surface area contributed by atoms with Gasteiger partial charge in [0.25, 0.3) is 5.91 Å². The van der Waals surface area contributed by atoms with Crippen LogP contribution in [0.2, 0.25) is 0 Å². The first-order valence-electron chi connectivity index (χ1n) is 7.85. The number of carbonyl (C=O) groups excluding carboxylic acids is 2. The van der Waals surface area contributed by atoms with E-state index in [1.54, 1.807) is 44.5 Å². The highest BCUT2D eigenvalue weighted by Crippen LogP contribution is 2.27. The Kier molecular flexibility index (Phi) is 5.27. The first kappa shape index (κ1) is 18.0. The van der Waals surface area contributed by atoms with Crippen molar-refractivity contribution in [2.24, 2.45) is 0 Å². The molecule has 0 fully saturated rings. The molecule has 2 amide bonds. The SMILES string of the molecule is COc1cccc(NC(=O)CN(C)C(=O)c2cc3cccc(Br)c3o2)c1. The zero-order valence-electron chi connectivity index (χ0n) is 14.3. The topological polar surface area (TPSA) is 71.8 Å². The Morgan fingerprint density at radius 1 is 1.19 bits per heavy atom. The summed E-state index contributed by atoms with van der Waals surface area (Å²) in [5.41, 5.74) is 1.20. The summed E-state index contributed by atoms with van der Waals surface area (Å²) in [6, 6.07) is 14.2. The summed E-state index contributed by atoms with van der Waals surface area (Å²) in [5.74, 6) is 0.143. The molecule has 0 bridgehead atoms. The molecule has 0 spiro atoms. The van der Waals surface area contributed by atoms with E-state index in [-0.39, 0.29) is 24.1 Å². The lowest BCUT2D eigenvalue weighted by Gasteiger charge is -2.15. The number of para-hydroxylation sites is 1. The number of hydrogen-bond acceptors (Lipinski definition) is 4. The smallest absolute Gasteiger partial charge is 0.289 e. The van der Waals surface area contributed by atoms with E-state index in [1.165, 1.54) is 4.90 Å². The van der Waals surface area contributed by atoms with Gasteiger partial charge in [-0.05, 0) is 40.2 Å². The number of halogens is 1. The Bertz CT molecular complexity index is 967. The van der Waals surface area contributed by atoms with Gasteiger partial charge in [0.1, 0.15) is 11.3 Å². The predicted molar refractivity (Wildman–Crippen MR) is 102 cm³/mol. The number of fused-ring (bicyclic) bond motifs is 1. The number of rotatable bonds is 5. The maximum absolute atomic E-state index is 12.5. The van der Waals surface area contributed by atoms with Crippen LogP contribution >= 0.6 is 15.9 Å². The van der Waals surface area contributed by atoms with Crippen molar-refractivity contribution in [3.8, 4) is 5.75 Å². The molecule has 1 aromatic heterocycles. The molecule has 7 heteroatoms. The standard InChI is InChI=1S/C19H17BrN2O4/c1-22(11-17(23)21-13-6-4-7-14(10-13)25-2)19(24)16-9-12-5-3-8-15(20)18(12)26-16/h3-10H,11H2,1-2H3,(H,21,23). The van der Waals surface area contributed by atoms with Crippen molar-refractivity contribution < 1.29 is 18.7 Å². The fraction of sp³-hybridized carbons (Fsp3) is 0.158. The second-order valence-corrected chi connectivity index (χ2v) is 6.56. The molecular formula is C19H17BrN2O4. The van der Waals surface area contributed by atoms with Crippen LogP contribution in [0.15, 0.2) is 57.4 Å². The summed E-state index contributed by atoms with van der Waals surface area (Å²) in [5, 5.41) is 3.56. The van der Waals surface area contributed by atoms with Gasteiger partial charge in [-0.25, -0.2) is 0 Å². The maximum Gasteiger partial charge on any atom is 0.289 e. The summed E-state index contributed by atoms with van der Waals surface area (Å²) in [7, 11) is 3.11. The predicted octanol–water partition coefficient (Wildman–Crippen LogP) is 3.91. The van der Waals surface area contributed by atoms with Crippen LogP contribution in [0.5, 0.6) is 5.75 Å². The Morgan fingerprint density at radius 3 is 2.69 bits per heavy atom. The monoisotopic (exact) mass is 416 g/mol. The zero-order chi connectivity index (χ0) is 18.7. The van der Waals surface area contributed by atoms with E-state index in [0.29, 0.717) is 17.0 Å². The largest absolute Gasteiger partial charge is 0.497 e. The third kappa shape index (κ3) is 3.88. The number of ether oxygens (including phenoxy) is 1. The minimum absolute atomic E-state index is 0.103. The summed E-state index contributed by atoms with van der Waals surface area (Å²) >= 11 is 3.39. The van der Waals surface area contributed by atoms with E-state index in [9.17, 15) is 9.59 Å². The molecule has 3 aromatic rings. The lowest BCUT2D eigenvalue weighted by molar-refractivity contribution is -0.116. The first-order valence-corrected chi connectivity index (χ1v) is 8.64. The van der Waals surface area contributed by atoms with E-state index < -0.39 is 0 Å². The normalized spacial score (nSPS) is 10.6. The molecule has 1 heterocycles. The third-order valence-corrected chi connectivity index (χ3v) is 4.41. The van der Waals surface area contributed by atoms with E-state index in [4.69, 9.17) is 9.15 Å². The van der Waals surface area contributed by atoms with Gasteiger partial charge in [0, 0.05) is 24.2 Å². The van der Waals surface area contributed by atoms with Crippen molar-refractivity contribution in [2.75, 3.05) is 26.0 Å². The van der Waals surface area contributed by atoms with E-state index in [1.807, 2.05) is 18.2 Å². The van der Waals surface area contributed by atoms with Crippen LogP contribution in [0, 0.1) is 0 Å². The molecular weight excluding hydrogens is 400 g/mol. The number of nitrogens with zero attached hydrogens (tertiary/aromatic N) is 1. The van der Waals surface area contributed by atoms with Gasteiger partial charge in [-0.1, -0.05) is 18.2 Å². The van der Waals surface area contributed by atoms with Gasteiger partial charge >= 0.3 is 0 Å². The molecule has 0 atom stereocenters. The number of anilines is 1. The number of likely N-dealkylation sites (N-methyl/N-ethyl adjacent to an activating group) is 1. The van der Waals surface area contributed by atoms with Gasteiger partial charge in [0.2, 0.25) is 5.91 Å². The van der Waals surface area contributed by atoms with E-state index >= 15 is 0 Å². The molecule has 26 heavy (non-hydrogen) atoms. The van der Waals surface area contributed by atoms with Crippen LogP contribution in [0.4, 0.5) is 5.69 Å². The van der Waals surface area contributed by atoms with Crippen molar-refractivity contribution >= 4 is 44.4 Å². The molecule has 1 N–H and O–H groups in total. The molecule has 0 unspecified atom stereocenters. The average Bonchev–Trinajstić information content (AvgIpc) is 3.06. The van der Waals surface area contributed by atoms with Gasteiger partial charge in [-0.3, -0.25) is 9.59 Å². The number of furan rings is 1. The van der Waals surface area contributed by atoms with Gasteiger partial charge in [0.15, 0.2) is 5.76 Å². The van der Waals surface area contributed by atoms with Gasteiger partial charge in [0.05, 0.1) is 18.1 Å². The number of benzene rings is 2. The fourth-order valence-electron chi connectivity index (χ4n) is 2.51. The van der Waals surface area contributed by atoms with Gasteiger partial charge in [-0.15, -0.1) is 0 Å². The molecule has 2 aromatic carbocycles. The van der Waals surface area contributed by atoms with Crippen LogP contribution in [0.1, 0.15) is 10.6 Å². The minimum atomic E-state index is -0.367. The van der Waals surface area contributed by atoms with Gasteiger partial charge < -0.3 is 19.4 Å². The van der Waals surface area contributed by atoms with Crippen molar-refractivity contribution in [1.82, 2.24) is 4.90 Å². The Balaban J connectivity index is 1.67. The van der Waals surface area contributed by atoms with E-state index in [2.05, 4.69) is 21.2 Å². The summed E-state index contributed by atoms with van der Waals surface area (Å²) in [4.78, 5) is 26.0. The highest BCUT2D eigenvalue weighted by atomic mass is 79.9. The van der Waals surface area contributed by atoms with Crippen LogP contribution in [-0.2, 0) is 4.79 Å². The van der Waals surface area contributed by atoms with Crippen molar-refractivity contribution in [1.29, 1.82) is 0 Å². The number of carbonyl (C=O) groups is 2. The number of methoxy groups -OCH3 is 1. The molecule has 6 nitrogen and oxygen atoms in total. The molecule has 0 saturated carbocycles. The van der Waals surface area contributed by atoms with Crippen molar-refractivity contribution in [2.45, 2.75) is 0 Å². The molecule has 0 aliphatic carbocycles. The van der Waals surface area contributed by atoms with E-state index in [0.717, 1.165) is 9.86 Å². The van der Waals surface area contributed by atoms with Crippen molar-refractivity contribution in [3.05, 3.63) is 58.8 Å². The Labute approximate surface area is 158 Å². The second kappa shape index (κ2) is 7.61. The average molecular weight is 417 g/mol. The van der Waals surface area contributed by atoms with Crippen LogP contribution in [-0.4, -0.2) is 37.4 Å². The highest BCUT2D eigenvalue weighted by Gasteiger charge is 2.19. The molecule has 3 rings (SSSR count). The minimum Gasteiger partial charge on any atom is -0.497 e. The molecule has 0 saturated heterocycles. The number of amides is 2. The second-order valence-electron chi connectivity index (χ2n) is 5.71. The highest BCUT2D eigenvalue weighted by molar-refractivity contribution is 9.10. The molecule has 134 valence electrons. The molecule has 0 aliphatic rings. The first-order chi connectivity index (χ1) is 12.5. The maximum atomic E-state index is 12.5. The molecule has 0 radical (unpaired) electrons. The number of hydrogen-bond donors (Lipinski definition) is 1. The van der Waals surface area contributed by atoms with Crippen molar-refractivity contribution in [3.63, 3.8) is 0 Å². The quantitative estimate of drug-likeness (QED) is 0.683.